The van der Waals surface area contributed by atoms with Crippen LogP contribution >= 0.6 is 15.9 Å². The van der Waals surface area contributed by atoms with Crippen LogP contribution in [-0.2, 0) is 10.0 Å². The van der Waals surface area contributed by atoms with Crippen LogP contribution in [0.3, 0.4) is 0 Å². The van der Waals surface area contributed by atoms with E-state index in [0.29, 0.717) is 0 Å². The van der Waals surface area contributed by atoms with Crippen LogP contribution in [0.5, 0.6) is 0 Å². The number of anilines is 1. The molecule has 2 aromatic rings. The van der Waals surface area contributed by atoms with Gasteiger partial charge in [-0.3, -0.25) is 4.72 Å². The Morgan fingerprint density at radius 3 is 2.60 bits per heavy atom. The van der Waals surface area contributed by atoms with Gasteiger partial charge in [-0.05, 0) is 34.1 Å². The monoisotopic (exact) mass is 363 g/mol. The Kier molecular flexibility index (Phi) is 3.82. The van der Waals surface area contributed by atoms with Gasteiger partial charge in [0.25, 0.3) is 10.0 Å². The highest BCUT2D eigenvalue weighted by Crippen LogP contribution is 2.28. The first-order valence-electron chi connectivity index (χ1n) is 5.10. The second kappa shape index (κ2) is 5.25. The summed E-state index contributed by atoms with van der Waals surface area (Å²) in [7, 11) is -4.09. The summed E-state index contributed by atoms with van der Waals surface area (Å²) in [5, 5.41) is 8.74. The van der Waals surface area contributed by atoms with Crippen molar-refractivity contribution in [2.45, 2.75) is 4.90 Å². The van der Waals surface area contributed by atoms with Crippen molar-refractivity contribution in [3.05, 3.63) is 46.6 Å². The van der Waals surface area contributed by atoms with Crippen LogP contribution in [-0.4, -0.2) is 19.5 Å². The van der Waals surface area contributed by atoms with E-state index < -0.39 is 27.6 Å². The molecule has 1 heterocycles. The first-order chi connectivity index (χ1) is 9.29. The van der Waals surface area contributed by atoms with Crippen LogP contribution in [0.15, 0.2) is 44.3 Å². The molecule has 0 spiro atoms. The van der Waals surface area contributed by atoms with E-state index in [0.717, 1.165) is 18.2 Å². The standard InChI is InChI=1S/C11H7BrFNO5S/c12-10-9(5-8(19-10)11(15)16)20(17,18)14-7-3-1-2-6(13)4-7/h1-5,14H,(H,15,16). The number of rotatable bonds is 4. The molecule has 0 bridgehead atoms. The van der Waals surface area contributed by atoms with Gasteiger partial charge >= 0.3 is 5.97 Å². The number of carboxylic acids is 1. The van der Waals surface area contributed by atoms with Crippen molar-refractivity contribution in [1.82, 2.24) is 0 Å². The molecule has 0 amide bonds. The Balaban J connectivity index is 2.38. The third kappa shape index (κ3) is 2.99. The van der Waals surface area contributed by atoms with Gasteiger partial charge < -0.3 is 9.52 Å². The number of carbonyl (C=O) groups is 1. The fourth-order valence-corrected chi connectivity index (χ4v) is 3.39. The maximum absolute atomic E-state index is 13.0. The minimum Gasteiger partial charge on any atom is -0.475 e. The van der Waals surface area contributed by atoms with E-state index >= 15 is 0 Å². The summed E-state index contributed by atoms with van der Waals surface area (Å²) < 4.78 is 43.7. The lowest BCUT2D eigenvalue weighted by Crippen LogP contribution is -2.12. The van der Waals surface area contributed by atoms with Crippen LogP contribution in [0.4, 0.5) is 10.1 Å². The number of hydrogen-bond acceptors (Lipinski definition) is 4. The topological polar surface area (TPSA) is 96.6 Å². The van der Waals surface area contributed by atoms with Crippen LogP contribution in [0.2, 0.25) is 0 Å². The van der Waals surface area contributed by atoms with E-state index in [2.05, 4.69) is 20.7 Å². The van der Waals surface area contributed by atoms with Crippen LogP contribution in [0.25, 0.3) is 0 Å². The Labute approximate surface area is 121 Å². The zero-order valence-corrected chi connectivity index (χ0v) is 12.0. The molecule has 0 radical (unpaired) electrons. The molecule has 0 aliphatic carbocycles. The predicted octanol–water partition coefficient (Wildman–Crippen LogP) is 2.68. The number of nitrogens with one attached hydrogen (secondary N) is 1. The fourth-order valence-electron chi connectivity index (χ4n) is 1.40. The molecule has 20 heavy (non-hydrogen) atoms. The van der Waals surface area contributed by atoms with E-state index in [1.54, 1.807) is 0 Å². The Bertz CT molecular complexity index is 771. The number of sulfonamides is 1. The molecule has 0 saturated carbocycles. The van der Waals surface area contributed by atoms with Crippen molar-refractivity contribution < 1.29 is 27.1 Å². The average molecular weight is 364 g/mol. The highest BCUT2D eigenvalue weighted by molar-refractivity contribution is 9.10. The number of halogens is 2. The van der Waals surface area contributed by atoms with Gasteiger partial charge in [-0.15, -0.1) is 0 Å². The molecule has 0 saturated heterocycles. The smallest absolute Gasteiger partial charge is 0.371 e. The maximum Gasteiger partial charge on any atom is 0.371 e. The van der Waals surface area contributed by atoms with Gasteiger partial charge in [-0.25, -0.2) is 17.6 Å². The number of furan rings is 1. The molecular formula is C11H7BrFNO5S. The molecule has 0 aliphatic heterocycles. The minimum absolute atomic E-state index is 0.00924. The molecular weight excluding hydrogens is 357 g/mol. The van der Waals surface area contributed by atoms with Crippen molar-refractivity contribution >= 4 is 37.6 Å². The Morgan fingerprint density at radius 1 is 1.35 bits per heavy atom. The van der Waals surface area contributed by atoms with E-state index in [9.17, 15) is 17.6 Å². The number of benzene rings is 1. The van der Waals surface area contributed by atoms with Gasteiger partial charge in [0, 0.05) is 6.07 Å². The summed E-state index contributed by atoms with van der Waals surface area (Å²) in [6.45, 7) is 0. The maximum atomic E-state index is 13.0. The second-order valence-electron chi connectivity index (χ2n) is 3.67. The van der Waals surface area contributed by atoms with Crippen LogP contribution in [0.1, 0.15) is 10.6 Å². The number of hydrogen-bond donors (Lipinski definition) is 2. The molecule has 0 atom stereocenters. The summed E-state index contributed by atoms with van der Waals surface area (Å²) in [4.78, 5) is 10.3. The Morgan fingerprint density at radius 2 is 2.05 bits per heavy atom. The molecule has 1 aromatic carbocycles. The molecule has 0 aliphatic rings. The minimum atomic E-state index is -4.09. The van der Waals surface area contributed by atoms with Gasteiger partial charge in [0.05, 0.1) is 5.69 Å². The predicted molar refractivity (Wildman–Crippen MR) is 70.6 cm³/mol. The third-order valence-electron chi connectivity index (χ3n) is 2.23. The van der Waals surface area contributed by atoms with Gasteiger partial charge in [0.2, 0.25) is 5.76 Å². The van der Waals surface area contributed by atoms with Gasteiger partial charge in [-0.2, -0.15) is 0 Å². The summed E-state index contributed by atoms with van der Waals surface area (Å²) in [5.41, 5.74) is 0.00924. The zero-order chi connectivity index (χ0) is 14.9. The molecule has 2 N–H and O–H groups in total. The third-order valence-corrected chi connectivity index (χ3v) is 4.47. The summed E-state index contributed by atoms with van der Waals surface area (Å²) >= 11 is 2.83. The highest BCUT2D eigenvalue weighted by atomic mass is 79.9. The second-order valence-corrected chi connectivity index (χ2v) is 6.04. The number of carboxylic acid groups (broad SMARTS) is 1. The van der Waals surface area contributed by atoms with E-state index in [1.807, 2.05) is 0 Å². The molecule has 6 nitrogen and oxygen atoms in total. The molecule has 9 heteroatoms. The lowest BCUT2D eigenvalue weighted by molar-refractivity contribution is 0.0661. The van der Waals surface area contributed by atoms with Gasteiger partial charge in [0.1, 0.15) is 10.7 Å². The average Bonchev–Trinajstić information content (AvgIpc) is 2.71. The molecule has 2 rings (SSSR count). The van der Waals surface area contributed by atoms with Gasteiger partial charge in [0.15, 0.2) is 4.67 Å². The van der Waals surface area contributed by atoms with Crippen molar-refractivity contribution in [2.24, 2.45) is 0 Å². The molecule has 1 aromatic heterocycles. The van der Waals surface area contributed by atoms with Crippen molar-refractivity contribution in [1.29, 1.82) is 0 Å². The summed E-state index contributed by atoms with van der Waals surface area (Å²) in [6.07, 6.45) is 0. The summed E-state index contributed by atoms with van der Waals surface area (Å²) in [6, 6.07) is 5.69. The highest BCUT2D eigenvalue weighted by Gasteiger charge is 2.25. The summed E-state index contributed by atoms with van der Waals surface area (Å²) in [5.74, 6) is -2.54. The SMILES string of the molecule is O=C(O)c1cc(S(=O)(=O)Nc2cccc(F)c2)c(Br)o1. The lowest BCUT2D eigenvalue weighted by atomic mass is 10.3. The number of aromatic carboxylic acids is 1. The molecule has 106 valence electrons. The fraction of sp³-hybridized carbons (Fsp3) is 0. The van der Waals surface area contributed by atoms with Gasteiger partial charge in [-0.1, -0.05) is 6.07 Å². The quantitative estimate of drug-likeness (QED) is 0.870. The van der Waals surface area contributed by atoms with Crippen molar-refractivity contribution in [3.63, 3.8) is 0 Å². The Hall–Kier alpha value is -1.87. The van der Waals surface area contributed by atoms with E-state index in [4.69, 9.17) is 9.52 Å². The molecule has 0 unspecified atom stereocenters. The molecule has 0 fully saturated rings. The van der Waals surface area contributed by atoms with Crippen molar-refractivity contribution in [2.75, 3.05) is 4.72 Å². The first kappa shape index (κ1) is 14.5. The zero-order valence-electron chi connectivity index (χ0n) is 9.63. The largest absolute Gasteiger partial charge is 0.475 e. The normalized spacial score (nSPS) is 11.3. The van der Waals surface area contributed by atoms with Crippen molar-refractivity contribution in [3.8, 4) is 0 Å². The lowest BCUT2D eigenvalue weighted by Gasteiger charge is -2.06. The van der Waals surface area contributed by atoms with Crippen LogP contribution < -0.4 is 4.72 Å². The first-order valence-corrected chi connectivity index (χ1v) is 7.38. The van der Waals surface area contributed by atoms with E-state index in [1.165, 1.54) is 12.1 Å². The van der Waals surface area contributed by atoms with Crippen LogP contribution in [0, 0.1) is 5.82 Å². The van der Waals surface area contributed by atoms with E-state index in [-0.39, 0.29) is 15.3 Å².